The van der Waals surface area contributed by atoms with E-state index in [9.17, 15) is 32.7 Å². The molecule has 1 aliphatic heterocycles. The van der Waals surface area contributed by atoms with Crippen LogP contribution >= 0.6 is 0 Å². The molecule has 220 valence electrons. The maximum atomic E-state index is 14.0. The molecule has 0 spiro atoms. The van der Waals surface area contributed by atoms with E-state index in [1.807, 2.05) is 0 Å². The van der Waals surface area contributed by atoms with Gasteiger partial charge in [0.1, 0.15) is 17.1 Å². The number of hydrogen-bond donors (Lipinski definition) is 2. The van der Waals surface area contributed by atoms with E-state index in [1.54, 1.807) is 26.0 Å². The molecule has 0 aliphatic carbocycles. The van der Waals surface area contributed by atoms with Crippen molar-refractivity contribution in [1.29, 1.82) is 0 Å². The van der Waals surface area contributed by atoms with Crippen molar-refractivity contribution in [2.45, 2.75) is 39.8 Å². The van der Waals surface area contributed by atoms with Crippen LogP contribution in [0, 0.1) is 5.41 Å². The van der Waals surface area contributed by atoms with E-state index in [-0.39, 0.29) is 52.8 Å². The maximum absolute atomic E-state index is 14.0. The van der Waals surface area contributed by atoms with Crippen LogP contribution in [0.3, 0.4) is 0 Å². The van der Waals surface area contributed by atoms with Crippen LogP contribution in [0.1, 0.15) is 55.1 Å². The zero-order chi connectivity index (χ0) is 30.5. The predicted molar refractivity (Wildman–Crippen MR) is 139 cm³/mol. The third-order valence-electron chi connectivity index (χ3n) is 6.17. The smallest absolute Gasteiger partial charge is 0.507 e. The Bertz CT molecular complexity index is 1390. The van der Waals surface area contributed by atoms with Gasteiger partial charge < -0.3 is 29.4 Å². The Kier molecular flexibility index (Phi) is 9.36. The molecule has 1 unspecified atom stereocenters. The van der Waals surface area contributed by atoms with E-state index in [0.717, 1.165) is 13.2 Å². The van der Waals surface area contributed by atoms with Crippen molar-refractivity contribution in [3.05, 3.63) is 87.9 Å². The number of para-hydroxylation sites is 1. The van der Waals surface area contributed by atoms with Crippen LogP contribution in [0.4, 0.5) is 18.0 Å². The second kappa shape index (κ2) is 12.4. The lowest BCUT2D eigenvalue weighted by molar-refractivity contribution is -0.144. The molecular formula is C29H30F3NO8. The minimum atomic E-state index is -4.78. The summed E-state index contributed by atoms with van der Waals surface area (Å²) in [6, 6.07) is 10.5. The summed E-state index contributed by atoms with van der Waals surface area (Å²) in [5.41, 5.74) is -2.16. The number of benzene rings is 2. The van der Waals surface area contributed by atoms with Gasteiger partial charge in [-0.1, -0.05) is 44.2 Å². The summed E-state index contributed by atoms with van der Waals surface area (Å²) in [4.78, 5) is 37.9. The van der Waals surface area contributed by atoms with Gasteiger partial charge in [-0.05, 0) is 37.6 Å². The molecule has 41 heavy (non-hydrogen) atoms. The normalized spacial score (nSPS) is 15.7. The monoisotopic (exact) mass is 577 g/mol. The Hall–Kier alpha value is -4.48. The number of carbonyl (C=O) groups is 3. The molecule has 0 saturated heterocycles. The summed E-state index contributed by atoms with van der Waals surface area (Å²) >= 11 is 0. The number of carbonyl (C=O) groups excluding carboxylic acids is 3. The van der Waals surface area contributed by atoms with Crippen LogP contribution in [0.15, 0.2) is 71.3 Å². The molecule has 12 heteroatoms. The first-order valence-electron chi connectivity index (χ1n) is 12.4. The Morgan fingerprint density at radius 3 is 2.10 bits per heavy atom. The van der Waals surface area contributed by atoms with Crippen molar-refractivity contribution in [2.75, 3.05) is 20.3 Å². The van der Waals surface area contributed by atoms with Gasteiger partial charge in [-0.15, -0.1) is 0 Å². The van der Waals surface area contributed by atoms with Gasteiger partial charge in [-0.25, -0.2) is 14.4 Å². The number of halogens is 3. The van der Waals surface area contributed by atoms with Gasteiger partial charge in [0.25, 0.3) is 0 Å². The topological polar surface area (TPSA) is 120 Å². The molecule has 0 saturated carbocycles. The molecule has 0 fully saturated rings. The second-order valence-corrected chi connectivity index (χ2v) is 10.1. The van der Waals surface area contributed by atoms with E-state index < -0.39 is 41.2 Å². The number of nitrogens with one attached hydrogen (secondary N) is 1. The summed E-state index contributed by atoms with van der Waals surface area (Å²) in [7, 11) is 1.04. The minimum absolute atomic E-state index is 0.0409. The van der Waals surface area contributed by atoms with Crippen molar-refractivity contribution < 1.29 is 51.6 Å². The second-order valence-electron chi connectivity index (χ2n) is 10.1. The standard InChI is InChI=1S/C29H30F3NO8/c1-16-22(26(36)40-15-28(3,4)14-39-25(35)19-11-7-9-13-21(19)34)23(24(17(2)33-16)41-27(37)38-5)18-10-6-8-12-20(18)29(30,31)32/h6-13,23,33-34H,14-15H2,1-5H3. The van der Waals surface area contributed by atoms with Gasteiger partial charge in [0.15, 0.2) is 0 Å². The highest BCUT2D eigenvalue weighted by atomic mass is 19.4. The molecule has 1 aliphatic rings. The van der Waals surface area contributed by atoms with Crippen LogP contribution < -0.4 is 5.32 Å². The van der Waals surface area contributed by atoms with Gasteiger partial charge in [0.2, 0.25) is 0 Å². The lowest BCUT2D eigenvalue weighted by Crippen LogP contribution is -2.34. The van der Waals surface area contributed by atoms with Crippen LogP contribution in [-0.4, -0.2) is 43.5 Å². The Morgan fingerprint density at radius 2 is 1.49 bits per heavy atom. The fraction of sp³-hybridized carbons (Fsp3) is 0.345. The molecule has 0 amide bonds. The molecule has 2 aromatic carbocycles. The number of allylic oxidation sites excluding steroid dienone is 3. The molecule has 1 atom stereocenters. The number of ether oxygens (including phenoxy) is 4. The van der Waals surface area contributed by atoms with Crippen LogP contribution in [-0.2, 0) is 29.9 Å². The molecule has 2 N–H and O–H groups in total. The molecule has 0 aromatic heterocycles. The summed E-state index contributed by atoms with van der Waals surface area (Å²) in [6.07, 6.45) is -5.97. The Labute approximate surface area is 234 Å². The third-order valence-corrected chi connectivity index (χ3v) is 6.17. The summed E-state index contributed by atoms with van der Waals surface area (Å²) in [5, 5.41) is 12.7. The number of methoxy groups -OCH3 is 1. The van der Waals surface area contributed by atoms with E-state index in [0.29, 0.717) is 0 Å². The average molecular weight is 578 g/mol. The quantitative estimate of drug-likeness (QED) is 0.296. The molecular weight excluding hydrogens is 547 g/mol. The number of esters is 2. The number of rotatable bonds is 8. The van der Waals surface area contributed by atoms with Gasteiger partial charge in [0.05, 0.1) is 43.1 Å². The molecule has 9 nitrogen and oxygen atoms in total. The molecule has 0 bridgehead atoms. The van der Waals surface area contributed by atoms with Gasteiger partial charge in [-0.3, -0.25) is 0 Å². The van der Waals surface area contributed by atoms with Crippen molar-refractivity contribution in [1.82, 2.24) is 5.32 Å². The van der Waals surface area contributed by atoms with Crippen molar-refractivity contribution >= 4 is 18.1 Å². The number of aromatic hydroxyl groups is 1. The lowest BCUT2D eigenvalue weighted by atomic mass is 9.82. The van der Waals surface area contributed by atoms with Crippen LogP contribution in [0.25, 0.3) is 0 Å². The van der Waals surface area contributed by atoms with E-state index in [4.69, 9.17) is 14.2 Å². The van der Waals surface area contributed by atoms with Crippen molar-refractivity contribution in [3.8, 4) is 5.75 Å². The Balaban J connectivity index is 1.89. The van der Waals surface area contributed by atoms with Gasteiger partial charge >= 0.3 is 24.3 Å². The number of phenols is 1. The zero-order valence-electron chi connectivity index (χ0n) is 23.0. The summed E-state index contributed by atoms with van der Waals surface area (Å²) in [5.74, 6) is -3.75. The van der Waals surface area contributed by atoms with E-state index in [2.05, 4.69) is 10.1 Å². The fourth-order valence-electron chi connectivity index (χ4n) is 4.18. The van der Waals surface area contributed by atoms with Gasteiger partial charge in [0, 0.05) is 11.1 Å². The summed E-state index contributed by atoms with van der Waals surface area (Å²) in [6.45, 7) is 5.75. The SMILES string of the molecule is COC(=O)OC1=C(C)NC(C)=C(C(=O)OCC(C)(C)COC(=O)c2ccccc2O)C1c1ccccc1C(F)(F)F. The number of alkyl halides is 3. The molecule has 3 rings (SSSR count). The number of dihydropyridines is 1. The maximum Gasteiger partial charge on any atom is 0.513 e. The van der Waals surface area contributed by atoms with Gasteiger partial charge in [-0.2, -0.15) is 13.2 Å². The highest BCUT2D eigenvalue weighted by molar-refractivity contribution is 5.93. The Morgan fingerprint density at radius 1 is 0.902 bits per heavy atom. The predicted octanol–water partition coefficient (Wildman–Crippen LogP) is 5.81. The fourth-order valence-corrected chi connectivity index (χ4v) is 4.18. The third kappa shape index (κ3) is 7.38. The highest BCUT2D eigenvalue weighted by Gasteiger charge is 2.43. The first kappa shape index (κ1) is 31.1. The number of phenolic OH excluding ortho intramolecular Hbond substituents is 1. The van der Waals surface area contributed by atoms with E-state index >= 15 is 0 Å². The summed E-state index contributed by atoms with van der Waals surface area (Å²) < 4.78 is 62.7. The van der Waals surface area contributed by atoms with Crippen molar-refractivity contribution in [3.63, 3.8) is 0 Å². The number of hydrogen-bond acceptors (Lipinski definition) is 9. The molecule has 2 aromatic rings. The lowest BCUT2D eigenvalue weighted by Gasteiger charge is -2.32. The van der Waals surface area contributed by atoms with Crippen LogP contribution in [0.2, 0.25) is 0 Å². The average Bonchev–Trinajstić information content (AvgIpc) is 2.91. The largest absolute Gasteiger partial charge is 0.513 e. The molecule has 0 radical (unpaired) electrons. The molecule has 1 heterocycles. The van der Waals surface area contributed by atoms with E-state index in [1.165, 1.54) is 44.2 Å². The minimum Gasteiger partial charge on any atom is -0.507 e. The zero-order valence-corrected chi connectivity index (χ0v) is 23.0. The first-order chi connectivity index (χ1) is 19.2. The first-order valence-corrected chi connectivity index (χ1v) is 12.4. The highest BCUT2D eigenvalue weighted by Crippen LogP contribution is 2.44. The van der Waals surface area contributed by atoms with Crippen LogP contribution in [0.5, 0.6) is 5.75 Å². The van der Waals surface area contributed by atoms with Crippen molar-refractivity contribution in [2.24, 2.45) is 5.41 Å².